The molecule has 2 aromatic heterocycles. The average molecular weight is 456 g/mol. The number of fused-ring (bicyclic) bond motifs is 1. The van der Waals surface area contributed by atoms with Crippen molar-refractivity contribution < 1.29 is 4.79 Å². The monoisotopic (exact) mass is 455 g/mol. The summed E-state index contributed by atoms with van der Waals surface area (Å²) in [7, 11) is 3.00. The van der Waals surface area contributed by atoms with Crippen molar-refractivity contribution in [2.75, 3.05) is 5.32 Å². The zero-order valence-electron chi connectivity index (χ0n) is 19.5. The zero-order valence-corrected chi connectivity index (χ0v) is 20.3. The van der Waals surface area contributed by atoms with E-state index in [1.54, 1.807) is 14.0 Å². The minimum atomic E-state index is -0.534. The highest BCUT2D eigenvalue weighted by atomic mass is 32.2. The van der Waals surface area contributed by atoms with Gasteiger partial charge in [0.2, 0.25) is 5.91 Å². The van der Waals surface area contributed by atoms with Crippen LogP contribution in [0, 0.1) is 0 Å². The van der Waals surface area contributed by atoms with Crippen molar-refractivity contribution in [1.82, 2.24) is 19.1 Å². The van der Waals surface area contributed by atoms with Gasteiger partial charge in [-0.25, -0.2) is 14.8 Å². The van der Waals surface area contributed by atoms with Crippen molar-refractivity contribution in [1.29, 1.82) is 0 Å². The predicted octanol–water partition coefficient (Wildman–Crippen LogP) is 3.01. The summed E-state index contributed by atoms with van der Waals surface area (Å²) in [6.07, 6.45) is 0.925. The average Bonchev–Trinajstić information content (AvgIpc) is 2.75. The van der Waals surface area contributed by atoms with Gasteiger partial charge in [0.15, 0.2) is 5.65 Å². The Morgan fingerprint density at radius 1 is 1.09 bits per heavy atom. The fraction of sp³-hybridized carbons (Fsp3) is 0.435. The van der Waals surface area contributed by atoms with Crippen LogP contribution in [0.1, 0.15) is 46.0 Å². The van der Waals surface area contributed by atoms with E-state index in [1.165, 1.54) is 28.9 Å². The topological polar surface area (TPSA) is 98.9 Å². The Morgan fingerprint density at radius 2 is 1.72 bits per heavy atom. The van der Waals surface area contributed by atoms with Gasteiger partial charge in [-0.2, -0.15) is 0 Å². The standard InChI is InChI=1S/C23H29N5O3S/c1-8-14-9-11-15(12-10-14)24-18(29)13(2)32-19-16-17(25-21(26-19)23(3,4)5)27(6)22(31)28(7)20(16)30/h9-13H,8H2,1-7H3,(H,24,29). The maximum absolute atomic E-state index is 12.9. The number of aromatic nitrogens is 4. The summed E-state index contributed by atoms with van der Waals surface area (Å²) in [4.78, 5) is 47.4. The van der Waals surface area contributed by atoms with Gasteiger partial charge < -0.3 is 5.32 Å². The highest BCUT2D eigenvalue weighted by molar-refractivity contribution is 8.00. The smallest absolute Gasteiger partial charge is 0.325 e. The Hall–Kier alpha value is -2.94. The molecule has 0 bridgehead atoms. The maximum Gasteiger partial charge on any atom is 0.332 e. The summed E-state index contributed by atoms with van der Waals surface area (Å²) < 4.78 is 2.38. The summed E-state index contributed by atoms with van der Waals surface area (Å²) in [6, 6.07) is 7.70. The first-order chi connectivity index (χ1) is 14.9. The van der Waals surface area contributed by atoms with Crippen LogP contribution in [0.5, 0.6) is 0 Å². The third-order valence-electron chi connectivity index (χ3n) is 5.22. The molecule has 3 rings (SSSR count). The number of hydrogen-bond acceptors (Lipinski definition) is 6. The quantitative estimate of drug-likeness (QED) is 0.469. The summed E-state index contributed by atoms with van der Waals surface area (Å²) >= 11 is 1.18. The molecule has 1 amide bonds. The lowest BCUT2D eigenvalue weighted by Gasteiger charge is -2.20. The molecule has 0 saturated heterocycles. The third kappa shape index (κ3) is 4.62. The number of benzene rings is 1. The lowest BCUT2D eigenvalue weighted by atomic mass is 9.96. The van der Waals surface area contributed by atoms with Crippen LogP contribution in [0.3, 0.4) is 0 Å². The number of nitrogens with one attached hydrogen (secondary N) is 1. The van der Waals surface area contributed by atoms with Crippen molar-refractivity contribution in [3.05, 3.63) is 56.5 Å². The lowest BCUT2D eigenvalue weighted by Crippen LogP contribution is -2.38. The molecule has 0 spiro atoms. The number of carbonyl (C=O) groups excluding carboxylic acids is 1. The molecule has 9 heteroatoms. The number of anilines is 1. The molecule has 0 radical (unpaired) electrons. The molecule has 8 nitrogen and oxygen atoms in total. The molecular formula is C23H29N5O3S. The summed E-state index contributed by atoms with van der Waals surface area (Å²) in [5.74, 6) is 0.295. The second-order valence-corrected chi connectivity index (χ2v) is 10.1. The normalized spacial score (nSPS) is 12.7. The van der Waals surface area contributed by atoms with E-state index >= 15 is 0 Å². The molecule has 1 atom stereocenters. The van der Waals surface area contributed by atoms with Gasteiger partial charge >= 0.3 is 5.69 Å². The first kappa shape index (κ1) is 23.7. The Bertz CT molecular complexity index is 1290. The van der Waals surface area contributed by atoms with E-state index in [4.69, 9.17) is 0 Å². The molecule has 0 aliphatic carbocycles. The summed E-state index contributed by atoms with van der Waals surface area (Å²) in [6.45, 7) is 9.70. The van der Waals surface area contributed by atoms with Crippen LogP contribution in [-0.2, 0) is 30.7 Å². The molecule has 0 fully saturated rings. The van der Waals surface area contributed by atoms with Crippen LogP contribution in [0.25, 0.3) is 11.0 Å². The second kappa shape index (κ2) is 8.90. The molecule has 0 saturated carbocycles. The molecule has 1 aromatic carbocycles. The van der Waals surface area contributed by atoms with E-state index in [1.807, 2.05) is 45.0 Å². The van der Waals surface area contributed by atoms with Gasteiger partial charge in [0.05, 0.1) is 5.25 Å². The highest BCUT2D eigenvalue weighted by Crippen LogP contribution is 2.30. The lowest BCUT2D eigenvalue weighted by molar-refractivity contribution is -0.115. The van der Waals surface area contributed by atoms with Gasteiger partial charge in [-0.3, -0.25) is 18.7 Å². The summed E-state index contributed by atoms with van der Waals surface area (Å²) in [5.41, 5.74) is 0.818. The van der Waals surface area contributed by atoms with E-state index in [2.05, 4.69) is 22.2 Å². The molecule has 0 aliphatic rings. The van der Waals surface area contributed by atoms with Crippen molar-refractivity contribution in [2.24, 2.45) is 14.1 Å². The highest BCUT2D eigenvalue weighted by Gasteiger charge is 2.26. The van der Waals surface area contributed by atoms with E-state index in [0.717, 1.165) is 11.0 Å². The molecule has 0 aliphatic heterocycles. The van der Waals surface area contributed by atoms with E-state index in [-0.39, 0.29) is 16.9 Å². The van der Waals surface area contributed by atoms with Crippen LogP contribution in [0.2, 0.25) is 0 Å². The number of thioether (sulfide) groups is 1. The molecule has 170 valence electrons. The number of amides is 1. The van der Waals surface area contributed by atoms with Gasteiger partial charge in [-0.05, 0) is 31.0 Å². The number of nitrogens with zero attached hydrogens (tertiary/aromatic N) is 4. The van der Waals surface area contributed by atoms with Crippen LogP contribution in [0.4, 0.5) is 5.69 Å². The summed E-state index contributed by atoms with van der Waals surface area (Å²) in [5, 5.41) is 3.00. The zero-order chi connectivity index (χ0) is 23.8. The third-order valence-corrected chi connectivity index (χ3v) is 6.31. The van der Waals surface area contributed by atoms with Crippen LogP contribution < -0.4 is 16.6 Å². The predicted molar refractivity (Wildman–Crippen MR) is 128 cm³/mol. The van der Waals surface area contributed by atoms with Crippen molar-refractivity contribution in [3.8, 4) is 0 Å². The molecular weight excluding hydrogens is 426 g/mol. The largest absolute Gasteiger partial charge is 0.332 e. The molecule has 1 unspecified atom stereocenters. The molecule has 2 heterocycles. The minimum absolute atomic E-state index is 0.204. The van der Waals surface area contributed by atoms with Gasteiger partial charge in [0, 0.05) is 25.2 Å². The Balaban J connectivity index is 2.03. The first-order valence-electron chi connectivity index (χ1n) is 10.5. The number of hydrogen-bond donors (Lipinski definition) is 1. The molecule has 1 N–H and O–H groups in total. The van der Waals surface area contributed by atoms with Crippen molar-refractivity contribution in [3.63, 3.8) is 0 Å². The van der Waals surface area contributed by atoms with Crippen molar-refractivity contribution in [2.45, 2.75) is 56.7 Å². The van der Waals surface area contributed by atoms with Crippen LogP contribution in [-0.4, -0.2) is 30.3 Å². The second-order valence-electron chi connectivity index (χ2n) is 8.81. The minimum Gasteiger partial charge on any atom is -0.325 e. The van der Waals surface area contributed by atoms with Crippen LogP contribution >= 0.6 is 11.8 Å². The fourth-order valence-corrected chi connectivity index (χ4v) is 4.07. The SMILES string of the molecule is CCc1ccc(NC(=O)C(C)Sc2nc(C(C)(C)C)nc3c2c(=O)n(C)c(=O)n3C)cc1. The van der Waals surface area contributed by atoms with E-state index < -0.39 is 21.9 Å². The maximum atomic E-state index is 12.9. The number of aryl methyl sites for hydroxylation is 2. The Labute approximate surface area is 191 Å². The van der Waals surface area contributed by atoms with Gasteiger partial charge in [-0.1, -0.05) is 51.6 Å². The van der Waals surface area contributed by atoms with Gasteiger partial charge in [0.1, 0.15) is 16.2 Å². The number of carbonyl (C=O) groups is 1. The molecule has 32 heavy (non-hydrogen) atoms. The molecule has 3 aromatic rings. The van der Waals surface area contributed by atoms with E-state index in [0.29, 0.717) is 16.5 Å². The first-order valence-corrected chi connectivity index (χ1v) is 11.4. The Morgan fingerprint density at radius 3 is 2.28 bits per heavy atom. The van der Waals surface area contributed by atoms with E-state index in [9.17, 15) is 14.4 Å². The van der Waals surface area contributed by atoms with Crippen LogP contribution in [0.15, 0.2) is 38.9 Å². The fourth-order valence-electron chi connectivity index (χ4n) is 3.14. The van der Waals surface area contributed by atoms with Gasteiger partial charge in [0.25, 0.3) is 5.56 Å². The number of rotatable bonds is 5. The van der Waals surface area contributed by atoms with Gasteiger partial charge in [-0.15, -0.1) is 0 Å². The van der Waals surface area contributed by atoms with Crippen molar-refractivity contribution >= 4 is 34.4 Å². The Kier molecular flexibility index (Phi) is 6.59.